The molecule has 0 aliphatic heterocycles. The second kappa shape index (κ2) is 6.39. The molecule has 0 unspecified atom stereocenters. The lowest BCUT2D eigenvalue weighted by Gasteiger charge is -2.08. The molecule has 0 amide bonds. The van der Waals surface area contributed by atoms with Crippen LogP contribution in [0.2, 0.25) is 5.02 Å². The second-order valence-corrected chi connectivity index (χ2v) is 5.01. The van der Waals surface area contributed by atoms with Crippen LogP contribution in [0.3, 0.4) is 0 Å². The lowest BCUT2D eigenvalue weighted by atomic mass is 10.3. The van der Waals surface area contributed by atoms with Crippen LogP contribution in [0, 0.1) is 6.92 Å². The molecule has 0 aromatic carbocycles. The number of hydrogen-bond acceptors (Lipinski definition) is 3. The smallest absolute Gasteiger partial charge is 0.138 e. The molecule has 0 aliphatic carbocycles. The third kappa shape index (κ3) is 3.28. The molecular formula is C13H15BrClN3O. The first kappa shape index (κ1) is 14.3. The molecule has 0 saturated carbocycles. The van der Waals surface area contributed by atoms with E-state index in [1.807, 2.05) is 30.7 Å². The van der Waals surface area contributed by atoms with Gasteiger partial charge in [-0.1, -0.05) is 27.5 Å². The molecule has 19 heavy (non-hydrogen) atoms. The van der Waals surface area contributed by atoms with Crippen LogP contribution in [-0.2, 0) is 18.5 Å². The van der Waals surface area contributed by atoms with Gasteiger partial charge in [-0.05, 0) is 26.0 Å². The maximum atomic E-state index is 6.22. The normalized spacial score (nSPS) is 10.7. The minimum atomic E-state index is 0.392. The van der Waals surface area contributed by atoms with Gasteiger partial charge < -0.3 is 4.74 Å². The van der Waals surface area contributed by atoms with Crippen LogP contribution in [0.1, 0.15) is 24.0 Å². The first-order valence-corrected chi connectivity index (χ1v) is 7.51. The molecule has 0 spiro atoms. The summed E-state index contributed by atoms with van der Waals surface area (Å²) < 4.78 is 7.56. The van der Waals surface area contributed by atoms with Gasteiger partial charge in [0, 0.05) is 11.9 Å². The average Bonchev–Trinajstić information content (AvgIpc) is 2.72. The molecule has 0 saturated heterocycles. The fourth-order valence-electron chi connectivity index (χ4n) is 1.73. The minimum Gasteiger partial charge on any atom is -0.486 e. The number of nitrogens with zero attached hydrogens (tertiary/aromatic N) is 3. The van der Waals surface area contributed by atoms with Crippen molar-refractivity contribution in [3.8, 4) is 5.75 Å². The maximum Gasteiger partial charge on any atom is 0.138 e. The lowest BCUT2D eigenvalue weighted by molar-refractivity contribution is 0.291. The number of hydrogen-bond donors (Lipinski definition) is 0. The molecule has 0 aliphatic rings. The quantitative estimate of drug-likeness (QED) is 0.776. The fourth-order valence-corrected chi connectivity index (χ4v) is 2.26. The van der Waals surface area contributed by atoms with Gasteiger partial charge >= 0.3 is 0 Å². The van der Waals surface area contributed by atoms with Crippen LogP contribution in [-0.4, -0.2) is 14.8 Å². The third-order valence-electron chi connectivity index (χ3n) is 2.76. The van der Waals surface area contributed by atoms with Gasteiger partial charge in [-0.25, -0.2) is 0 Å². The van der Waals surface area contributed by atoms with E-state index in [1.165, 1.54) is 0 Å². The van der Waals surface area contributed by atoms with Gasteiger partial charge in [0.1, 0.15) is 12.4 Å². The SMILES string of the molecule is CCn1nc(C)c(Cl)c1COc1ccc(CBr)nc1. The van der Waals surface area contributed by atoms with Crippen molar-refractivity contribution in [2.75, 3.05) is 0 Å². The fraction of sp³-hybridized carbons (Fsp3) is 0.385. The standard InChI is InChI=1S/C13H15BrClN3O/c1-3-18-12(13(15)9(2)17-18)8-19-11-5-4-10(6-14)16-7-11/h4-5,7H,3,6,8H2,1-2H3. The Hall–Kier alpha value is -1.07. The van der Waals surface area contributed by atoms with E-state index in [-0.39, 0.29) is 0 Å². The molecule has 0 atom stereocenters. The van der Waals surface area contributed by atoms with Gasteiger partial charge in [-0.15, -0.1) is 0 Å². The second-order valence-electron chi connectivity index (χ2n) is 4.07. The van der Waals surface area contributed by atoms with Crippen LogP contribution in [0.25, 0.3) is 0 Å². The van der Waals surface area contributed by atoms with Crippen molar-refractivity contribution >= 4 is 27.5 Å². The summed E-state index contributed by atoms with van der Waals surface area (Å²) in [5, 5.41) is 5.76. The van der Waals surface area contributed by atoms with Crippen molar-refractivity contribution in [1.82, 2.24) is 14.8 Å². The molecule has 2 rings (SSSR count). The van der Waals surface area contributed by atoms with Gasteiger partial charge in [0.25, 0.3) is 0 Å². The van der Waals surface area contributed by atoms with Crippen LogP contribution in [0.5, 0.6) is 5.75 Å². The Morgan fingerprint density at radius 3 is 2.79 bits per heavy atom. The zero-order valence-electron chi connectivity index (χ0n) is 10.9. The van der Waals surface area contributed by atoms with E-state index in [9.17, 15) is 0 Å². The van der Waals surface area contributed by atoms with E-state index < -0.39 is 0 Å². The molecular weight excluding hydrogens is 330 g/mol. The summed E-state index contributed by atoms with van der Waals surface area (Å²) in [5.74, 6) is 0.724. The Labute approximate surface area is 125 Å². The molecule has 2 aromatic heterocycles. The van der Waals surface area contributed by atoms with Gasteiger partial charge in [0.2, 0.25) is 0 Å². The summed E-state index contributed by atoms with van der Waals surface area (Å²) >= 11 is 9.58. The van der Waals surface area contributed by atoms with Crippen molar-refractivity contribution in [1.29, 1.82) is 0 Å². The topological polar surface area (TPSA) is 39.9 Å². The Kier molecular flexibility index (Phi) is 4.82. The number of alkyl halides is 1. The summed E-state index contributed by atoms with van der Waals surface area (Å²) in [4.78, 5) is 4.25. The highest BCUT2D eigenvalue weighted by atomic mass is 79.9. The van der Waals surface area contributed by atoms with E-state index in [4.69, 9.17) is 16.3 Å². The van der Waals surface area contributed by atoms with Crippen LogP contribution >= 0.6 is 27.5 Å². The van der Waals surface area contributed by atoms with Gasteiger partial charge in [-0.3, -0.25) is 9.67 Å². The number of aromatic nitrogens is 3. The first-order valence-electron chi connectivity index (χ1n) is 6.01. The molecule has 102 valence electrons. The van der Waals surface area contributed by atoms with E-state index in [1.54, 1.807) is 6.20 Å². The Morgan fingerprint density at radius 1 is 1.42 bits per heavy atom. The molecule has 2 aromatic rings. The highest BCUT2D eigenvalue weighted by Crippen LogP contribution is 2.22. The predicted octanol–water partition coefficient (Wildman–Crippen LogP) is 3.73. The molecule has 4 nitrogen and oxygen atoms in total. The number of halogens is 2. The van der Waals surface area contributed by atoms with Crippen molar-refractivity contribution in [2.45, 2.75) is 32.3 Å². The summed E-state index contributed by atoms with van der Waals surface area (Å²) in [6.45, 7) is 5.08. The molecule has 0 bridgehead atoms. The summed E-state index contributed by atoms with van der Waals surface area (Å²) in [7, 11) is 0. The Morgan fingerprint density at radius 2 is 2.21 bits per heavy atom. The summed E-state index contributed by atoms with van der Waals surface area (Å²) in [5.41, 5.74) is 2.70. The van der Waals surface area contributed by atoms with Crippen molar-refractivity contribution in [3.05, 3.63) is 40.4 Å². The Bertz CT molecular complexity index is 554. The van der Waals surface area contributed by atoms with Gasteiger partial charge in [0.05, 0.1) is 28.3 Å². The zero-order valence-corrected chi connectivity index (χ0v) is 13.2. The van der Waals surface area contributed by atoms with Gasteiger partial charge in [0.15, 0.2) is 0 Å². The maximum absolute atomic E-state index is 6.22. The molecule has 0 radical (unpaired) electrons. The molecule has 6 heteroatoms. The number of pyridine rings is 1. The third-order valence-corrected chi connectivity index (χ3v) is 3.83. The number of rotatable bonds is 5. The highest BCUT2D eigenvalue weighted by molar-refractivity contribution is 9.08. The van der Waals surface area contributed by atoms with Crippen LogP contribution in [0.4, 0.5) is 0 Å². The van der Waals surface area contributed by atoms with E-state index in [0.717, 1.165) is 34.7 Å². The largest absolute Gasteiger partial charge is 0.486 e. The number of ether oxygens (including phenoxy) is 1. The summed E-state index contributed by atoms with van der Waals surface area (Å²) in [6, 6.07) is 3.82. The highest BCUT2D eigenvalue weighted by Gasteiger charge is 2.13. The van der Waals surface area contributed by atoms with Gasteiger partial charge in [-0.2, -0.15) is 5.10 Å². The molecule has 2 heterocycles. The van der Waals surface area contributed by atoms with E-state index in [0.29, 0.717) is 11.6 Å². The van der Waals surface area contributed by atoms with E-state index in [2.05, 4.69) is 26.0 Å². The molecule has 0 fully saturated rings. The minimum absolute atomic E-state index is 0.392. The lowest BCUT2D eigenvalue weighted by Crippen LogP contribution is -2.06. The van der Waals surface area contributed by atoms with Crippen molar-refractivity contribution < 1.29 is 4.74 Å². The Balaban J connectivity index is 2.09. The monoisotopic (exact) mass is 343 g/mol. The van der Waals surface area contributed by atoms with Crippen LogP contribution in [0.15, 0.2) is 18.3 Å². The molecule has 0 N–H and O–H groups in total. The summed E-state index contributed by atoms with van der Waals surface area (Å²) in [6.07, 6.45) is 1.71. The van der Waals surface area contributed by atoms with Crippen LogP contribution < -0.4 is 4.74 Å². The number of aryl methyl sites for hydroxylation is 2. The van der Waals surface area contributed by atoms with Crippen molar-refractivity contribution in [3.63, 3.8) is 0 Å². The predicted molar refractivity (Wildman–Crippen MR) is 78.8 cm³/mol. The zero-order chi connectivity index (χ0) is 13.8. The average molecular weight is 345 g/mol. The van der Waals surface area contributed by atoms with Crippen molar-refractivity contribution in [2.24, 2.45) is 0 Å². The van der Waals surface area contributed by atoms with E-state index >= 15 is 0 Å². The first-order chi connectivity index (χ1) is 9.15.